The van der Waals surface area contributed by atoms with Crippen molar-refractivity contribution in [3.63, 3.8) is 0 Å². The molecule has 2 saturated carbocycles. The van der Waals surface area contributed by atoms with Crippen LogP contribution in [0.4, 0.5) is 4.79 Å². The van der Waals surface area contributed by atoms with Gasteiger partial charge in [-0.15, -0.1) is 0 Å². The molecule has 11 nitrogen and oxygen atoms in total. The summed E-state index contributed by atoms with van der Waals surface area (Å²) in [5, 5.41) is 9.12. The lowest BCUT2D eigenvalue weighted by Crippen LogP contribution is -2.46. The lowest BCUT2D eigenvalue weighted by molar-refractivity contribution is -0.130. The van der Waals surface area contributed by atoms with Gasteiger partial charge in [0.1, 0.15) is 12.1 Å². The smallest absolute Gasteiger partial charge is 0.408 e. The Kier molecular flexibility index (Phi) is 14.2. The van der Waals surface area contributed by atoms with Crippen LogP contribution in [0.1, 0.15) is 115 Å². The average molecular weight is 673 g/mol. The molecule has 2 aliphatic rings. The first kappa shape index (κ1) is 40.7. The molecule has 0 radical (unpaired) electrons. The molecule has 2 rings (SSSR count). The zero-order valence-corrected chi connectivity index (χ0v) is 31.2. The second-order valence-corrected chi connectivity index (χ2v) is 16.7. The molecule has 0 saturated heterocycles. The van der Waals surface area contributed by atoms with Gasteiger partial charge in [-0.2, -0.15) is 0 Å². The van der Waals surface area contributed by atoms with Gasteiger partial charge >= 0.3 is 6.09 Å². The quantitative estimate of drug-likeness (QED) is 0.170. The Balaban J connectivity index is 2.27. The Morgan fingerprint density at radius 2 is 1.04 bits per heavy atom. The number of allylic oxidation sites excluding steroid dienone is 4. The van der Waals surface area contributed by atoms with Gasteiger partial charge in [-0.3, -0.25) is 24.0 Å². The van der Waals surface area contributed by atoms with Gasteiger partial charge in [0, 0.05) is 63.3 Å². The molecule has 0 bridgehead atoms. The van der Waals surface area contributed by atoms with Crippen LogP contribution in [0, 0.1) is 22.7 Å². The molecule has 2 amide bonds. The second kappa shape index (κ2) is 16.7. The minimum absolute atomic E-state index is 0.168. The number of hydrogen-bond acceptors (Lipinski definition) is 9. The number of nitrogens with one attached hydrogen (secondary N) is 3. The number of ketones is 4. The van der Waals surface area contributed by atoms with Crippen LogP contribution < -0.4 is 16.0 Å². The summed E-state index contributed by atoms with van der Waals surface area (Å²) in [4.78, 5) is 79.7. The van der Waals surface area contributed by atoms with Crippen LogP contribution >= 0.6 is 0 Å². The van der Waals surface area contributed by atoms with E-state index < -0.39 is 11.7 Å². The Hall–Kier alpha value is -3.50. The van der Waals surface area contributed by atoms with Crippen molar-refractivity contribution < 1.29 is 33.5 Å². The number of ether oxygens (including phenoxy) is 1. The number of rotatable bonds is 14. The number of carbonyl (C=O) groups is 6. The first-order chi connectivity index (χ1) is 22.0. The number of Topliss-reactive ketones (excluding diaryl/α,β-unsaturated/α-hetero) is 4. The van der Waals surface area contributed by atoms with E-state index in [4.69, 9.17) is 4.74 Å². The molecular formula is C37H60N4O7. The van der Waals surface area contributed by atoms with Gasteiger partial charge in [0.05, 0.1) is 11.1 Å². The van der Waals surface area contributed by atoms with E-state index in [9.17, 15) is 28.8 Å². The van der Waals surface area contributed by atoms with Gasteiger partial charge in [-0.25, -0.2) is 4.79 Å². The molecule has 3 N–H and O–H groups in total. The Labute approximate surface area is 287 Å². The van der Waals surface area contributed by atoms with Crippen molar-refractivity contribution in [2.24, 2.45) is 22.7 Å². The van der Waals surface area contributed by atoms with E-state index in [1.165, 1.54) is 0 Å². The summed E-state index contributed by atoms with van der Waals surface area (Å²) < 4.78 is 5.29. The van der Waals surface area contributed by atoms with Crippen LogP contribution in [0.5, 0.6) is 0 Å². The fourth-order valence-corrected chi connectivity index (χ4v) is 6.16. The maximum Gasteiger partial charge on any atom is 0.408 e. The highest BCUT2D eigenvalue weighted by molar-refractivity contribution is 6.23. The van der Waals surface area contributed by atoms with E-state index in [2.05, 4.69) is 16.0 Å². The number of hydrogen-bond donors (Lipinski definition) is 3. The minimum atomic E-state index is -0.728. The largest absolute Gasteiger partial charge is 0.444 e. The fourth-order valence-electron chi connectivity index (χ4n) is 6.16. The van der Waals surface area contributed by atoms with Crippen molar-refractivity contribution >= 4 is 35.1 Å². The summed E-state index contributed by atoms with van der Waals surface area (Å²) in [7, 11) is 0. The molecule has 2 fully saturated rings. The average Bonchev–Trinajstić information content (AvgIpc) is 2.86. The first-order valence-electron chi connectivity index (χ1n) is 17.3. The summed E-state index contributed by atoms with van der Waals surface area (Å²) in [5.74, 6) is -0.674. The molecule has 0 spiro atoms. The second-order valence-electron chi connectivity index (χ2n) is 16.7. The van der Waals surface area contributed by atoms with Crippen molar-refractivity contribution in [1.82, 2.24) is 20.9 Å². The molecule has 2 aliphatic carbocycles. The van der Waals surface area contributed by atoms with E-state index in [-0.39, 0.29) is 95.6 Å². The predicted octanol–water partition coefficient (Wildman–Crippen LogP) is 5.04. The van der Waals surface area contributed by atoms with Crippen molar-refractivity contribution in [3.8, 4) is 0 Å². The highest BCUT2D eigenvalue weighted by atomic mass is 16.6. The number of nitrogens with zero attached hydrogens (tertiary/aromatic N) is 1. The molecular weight excluding hydrogens is 612 g/mol. The van der Waals surface area contributed by atoms with Crippen molar-refractivity contribution in [3.05, 3.63) is 22.5 Å². The summed E-state index contributed by atoms with van der Waals surface area (Å²) in [5.41, 5.74) is 0.139. The molecule has 0 heterocycles. The minimum Gasteiger partial charge on any atom is -0.444 e. The molecule has 0 aromatic heterocycles. The molecule has 270 valence electrons. The van der Waals surface area contributed by atoms with Crippen molar-refractivity contribution in [2.45, 2.75) is 120 Å². The van der Waals surface area contributed by atoms with Crippen molar-refractivity contribution in [2.75, 3.05) is 32.7 Å². The third kappa shape index (κ3) is 13.2. The molecule has 0 aromatic carbocycles. The molecule has 0 aromatic rings. The third-order valence-corrected chi connectivity index (χ3v) is 8.08. The van der Waals surface area contributed by atoms with Gasteiger partial charge in [0.15, 0.2) is 23.1 Å². The van der Waals surface area contributed by atoms with Gasteiger partial charge in [0.2, 0.25) is 5.91 Å². The van der Waals surface area contributed by atoms with E-state index in [0.717, 1.165) is 0 Å². The summed E-state index contributed by atoms with van der Waals surface area (Å²) in [6, 6.07) is 0. The molecule has 0 aliphatic heterocycles. The highest BCUT2D eigenvalue weighted by Crippen LogP contribution is 2.36. The maximum absolute atomic E-state index is 13.4. The summed E-state index contributed by atoms with van der Waals surface area (Å²) in [6.45, 7) is 21.6. The number of alkyl carbamates (subject to hydrolysis) is 1. The summed E-state index contributed by atoms with van der Waals surface area (Å²) in [6.07, 6.45) is 1.47. The number of carbonyl (C=O) groups excluding carboxylic acids is 6. The third-order valence-electron chi connectivity index (χ3n) is 8.08. The lowest BCUT2D eigenvalue weighted by Gasteiger charge is -2.31. The van der Waals surface area contributed by atoms with Gasteiger partial charge in [-0.1, -0.05) is 55.4 Å². The fraction of sp³-hybridized carbons (Fsp3) is 0.730. The monoisotopic (exact) mass is 672 g/mol. The predicted molar refractivity (Wildman–Crippen MR) is 186 cm³/mol. The molecule has 0 atom stereocenters. The zero-order chi connectivity index (χ0) is 36.6. The van der Waals surface area contributed by atoms with Crippen LogP contribution in [0.2, 0.25) is 0 Å². The normalized spacial score (nSPS) is 17.9. The Bertz CT molecular complexity index is 1190. The van der Waals surface area contributed by atoms with E-state index in [0.29, 0.717) is 49.9 Å². The first-order valence-corrected chi connectivity index (χ1v) is 17.3. The zero-order valence-electron chi connectivity index (χ0n) is 31.2. The van der Waals surface area contributed by atoms with E-state index in [1.807, 2.05) is 55.4 Å². The molecule has 11 heteroatoms. The van der Waals surface area contributed by atoms with Crippen LogP contribution in [0.3, 0.4) is 0 Å². The van der Waals surface area contributed by atoms with Gasteiger partial charge in [-0.05, 0) is 56.3 Å². The molecule has 48 heavy (non-hydrogen) atoms. The number of amides is 2. The topological polar surface area (TPSA) is 151 Å². The van der Waals surface area contributed by atoms with Crippen LogP contribution in [0.25, 0.3) is 0 Å². The summed E-state index contributed by atoms with van der Waals surface area (Å²) >= 11 is 0. The lowest BCUT2D eigenvalue weighted by atomic mass is 9.73. The Morgan fingerprint density at radius 3 is 1.35 bits per heavy atom. The van der Waals surface area contributed by atoms with Gasteiger partial charge in [0.25, 0.3) is 0 Å². The van der Waals surface area contributed by atoms with Crippen LogP contribution in [-0.4, -0.2) is 78.4 Å². The maximum atomic E-state index is 13.4. The van der Waals surface area contributed by atoms with E-state index in [1.54, 1.807) is 25.7 Å². The van der Waals surface area contributed by atoms with E-state index >= 15 is 0 Å². The Morgan fingerprint density at radius 1 is 0.688 bits per heavy atom. The standard InChI is InChI=1S/C37H60N4O7/c1-23(2)16-25(32-27(42)18-36(8,9)19-28(32)43)38-12-14-41(31(46)22-40-34(47)48-35(5,6)7)15-13-39-26(17-24(3)4)33-29(44)20-37(10,11)21-30(33)45/h23-24,38-39H,12-22H2,1-11H3,(H,40,47). The van der Waals surface area contributed by atoms with Crippen LogP contribution in [0.15, 0.2) is 22.5 Å². The van der Waals surface area contributed by atoms with Crippen molar-refractivity contribution in [1.29, 1.82) is 0 Å². The van der Waals surface area contributed by atoms with Gasteiger partial charge < -0.3 is 25.6 Å². The SMILES string of the molecule is CC(C)CC(NCCN(CCNC(CC(C)C)=C1C(=O)CC(C)(C)CC1=O)C(=O)CNC(=O)OC(C)(C)C)=C1C(=O)CC(C)(C)CC1=O. The van der Waals surface area contributed by atoms with Crippen LogP contribution in [-0.2, 0) is 28.7 Å². The highest BCUT2D eigenvalue weighted by Gasteiger charge is 2.38. The molecule has 0 unspecified atom stereocenters.